The fraction of sp³-hybridized carbons (Fsp3) is 0.200. The minimum absolute atomic E-state index is 0.00634. The number of amides is 1. The zero-order valence-electron chi connectivity index (χ0n) is 18.0. The molecule has 0 saturated heterocycles. The van der Waals surface area contributed by atoms with Gasteiger partial charge in [-0.3, -0.25) is 9.69 Å². The number of anilines is 2. The number of aliphatic hydroxyl groups is 1. The van der Waals surface area contributed by atoms with Crippen LogP contribution in [-0.2, 0) is 15.8 Å². The Kier molecular flexibility index (Phi) is 5.49. The Morgan fingerprint density at radius 3 is 2.26 bits per heavy atom. The first-order valence-corrected chi connectivity index (χ1v) is 10.5. The van der Waals surface area contributed by atoms with Gasteiger partial charge >= 0.3 is 12.1 Å². The van der Waals surface area contributed by atoms with E-state index in [0.29, 0.717) is 34.4 Å². The van der Waals surface area contributed by atoms with E-state index in [-0.39, 0.29) is 11.1 Å². The topological polar surface area (TPSA) is 77.8 Å². The zero-order valence-corrected chi connectivity index (χ0v) is 18.8. The second-order valence-corrected chi connectivity index (χ2v) is 8.87. The van der Waals surface area contributed by atoms with E-state index in [1.54, 1.807) is 31.2 Å². The van der Waals surface area contributed by atoms with Crippen LogP contribution >= 0.6 is 11.6 Å². The van der Waals surface area contributed by atoms with Gasteiger partial charge in [0, 0.05) is 10.7 Å². The van der Waals surface area contributed by atoms with Gasteiger partial charge in [0.1, 0.15) is 0 Å². The number of nitrogens with zero attached hydrogens (tertiary/aromatic N) is 1. The lowest BCUT2D eigenvalue weighted by molar-refractivity contribution is -0.258. The molecule has 34 heavy (non-hydrogen) atoms. The van der Waals surface area contributed by atoms with Crippen LogP contribution in [0.4, 0.5) is 24.5 Å². The minimum atomic E-state index is -4.88. The smallest absolute Gasteiger partial charge is 0.421 e. The van der Waals surface area contributed by atoms with E-state index in [1.165, 1.54) is 35.2 Å². The first kappa shape index (κ1) is 23.8. The number of aromatic carboxylic acids is 1. The molecule has 2 N–H and O–H groups in total. The summed E-state index contributed by atoms with van der Waals surface area (Å²) in [5.74, 6) is -1.58. The largest absolute Gasteiger partial charge is 0.478 e. The third kappa shape index (κ3) is 3.54. The van der Waals surface area contributed by atoms with Gasteiger partial charge in [0.05, 0.1) is 16.7 Å². The van der Waals surface area contributed by atoms with Crippen molar-refractivity contribution in [1.82, 2.24) is 0 Å². The van der Waals surface area contributed by atoms with Crippen LogP contribution in [0.1, 0.15) is 40.9 Å². The number of halogens is 4. The average Bonchev–Trinajstić information content (AvgIpc) is 3.00. The van der Waals surface area contributed by atoms with Crippen LogP contribution in [-0.4, -0.2) is 28.3 Å². The Labute approximate surface area is 198 Å². The van der Waals surface area contributed by atoms with E-state index in [9.17, 15) is 33.0 Å². The summed E-state index contributed by atoms with van der Waals surface area (Å²) in [4.78, 5) is 26.6. The maximum absolute atomic E-state index is 13.8. The van der Waals surface area contributed by atoms with Crippen molar-refractivity contribution >= 4 is 34.9 Å². The fourth-order valence-corrected chi connectivity index (χ4v) is 4.33. The molecule has 0 spiro atoms. The maximum atomic E-state index is 13.8. The summed E-state index contributed by atoms with van der Waals surface area (Å²) in [7, 11) is 0. The maximum Gasteiger partial charge on any atom is 0.421 e. The predicted octanol–water partition coefficient (Wildman–Crippen LogP) is 5.79. The van der Waals surface area contributed by atoms with E-state index < -0.39 is 29.1 Å². The van der Waals surface area contributed by atoms with Crippen molar-refractivity contribution in [3.63, 3.8) is 0 Å². The molecular formula is C25H19ClF3NO4. The van der Waals surface area contributed by atoms with Crippen LogP contribution in [0.2, 0.25) is 5.02 Å². The van der Waals surface area contributed by atoms with Gasteiger partial charge in [0.2, 0.25) is 5.91 Å². The van der Waals surface area contributed by atoms with Crippen LogP contribution in [0.25, 0.3) is 0 Å². The van der Waals surface area contributed by atoms with Crippen LogP contribution < -0.4 is 4.90 Å². The summed E-state index contributed by atoms with van der Waals surface area (Å²) < 4.78 is 39.8. The number of rotatable bonds is 4. The number of carbonyl (C=O) groups excluding carboxylic acids is 1. The first-order valence-electron chi connectivity index (χ1n) is 10.2. The highest BCUT2D eigenvalue weighted by Crippen LogP contribution is 2.50. The van der Waals surface area contributed by atoms with Gasteiger partial charge in [-0.15, -0.1) is 0 Å². The molecule has 176 valence electrons. The number of carbonyl (C=O) groups is 2. The van der Waals surface area contributed by atoms with Crippen LogP contribution in [0.3, 0.4) is 0 Å². The lowest BCUT2D eigenvalue weighted by atomic mass is 9.76. The van der Waals surface area contributed by atoms with Crippen molar-refractivity contribution in [1.29, 1.82) is 0 Å². The van der Waals surface area contributed by atoms with Crippen molar-refractivity contribution in [3.8, 4) is 0 Å². The molecule has 0 bridgehead atoms. The van der Waals surface area contributed by atoms with Gasteiger partial charge in [-0.2, -0.15) is 13.2 Å². The molecule has 3 aromatic rings. The standard InChI is InChI=1S/C25H19ClF3NO4/c1-23(15-6-8-16(9-7-15)24(2,34)25(27,28)29)19-13-17(26)10-11-20(19)30(22(23)33)18-5-3-4-14(12-18)21(31)32/h3-13,34H,1-2H3,(H,31,32). The summed E-state index contributed by atoms with van der Waals surface area (Å²) in [5, 5.41) is 19.7. The van der Waals surface area contributed by atoms with Gasteiger partial charge in [-0.25, -0.2) is 4.79 Å². The lowest BCUT2D eigenvalue weighted by Crippen LogP contribution is -2.39. The van der Waals surface area contributed by atoms with Gasteiger partial charge in [-0.1, -0.05) is 41.9 Å². The van der Waals surface area contributed by atoms with Gasteiger partial charge < -0.3 is 10.2 Å². The average molecular weight is 490 g/mol. The van der Waals surface area contributed by atoms with E-state index in [0.717, 1.165) is 12.1 Å². The molecular weight excluding hydrogens is 471 g/mol. The number of carboxylic acids is 1. The third-order valence-electron chi connectivity index (χ3n) is 6.30. The van der Waals surface area contributed by atoms with Crippen molar-refractivity contribution in [2.75, 3.05) is 4.90 Å². The number of benzene rings is 3. The molecule has 9 heteroatoms. The molecule has 2 unspecified atom stereocenters. The first-order chi connectivity index (χ1) is 15.8. The number of hydrogen-bond acceptors (Lipinski definition) is 3. The van der Waals surface area contributed by atoms with Crippen molar-refractivity contribution in [2.45, 2.75) is 31.0 Å². The summed E-state index contributed by atoms with van der Waals surface area (Å²) in [5.41, 5.74) is -3.05. The molecule has 0 radical (unpaired) electrons. The highest BCUT2D eigenvalue weighted by Gasteiger charge is 2.52. The molecule has 0 fully saturated rings. The highest BCUT2D eigenvalue weighted by molar-refractivity contribution is 6.31. The fourth-order valence-electron chi connectivity index (χ4n) is 4.16. The van der Waals surface area contributed by atoms with Crippen LogP contribution in [0, 0.1) is 0 Å². The summed E-state index contributed by atoms with van der Waals surface area (Å²) >= 11 is 6.22. The van der Waals surface area contributed by atoms with Gasteiger partial charge in [-0.05, 0) is 66.9 Å². The van der Waals surface area contributed by atoms with Gasteiger partial charge in [0.15, 0.2) is 5.60 Å². The Bertz CT molecular complexity index is 1300. The molecule has 0 saturated carbocycles. The second-order valence-electron chi connectivity index (χ2n) is 8.43. The number of alkyl halides is 3. The second kappa shape index (κ2) is 7.85. The molecule has 0 aliphatic carbocycles. The van der Waals surface area contributed by atoms with Crippen LogP contribution in [0.5, 0.6) is 0 Å². The van der Waals surface area contributed by atoms with Crippen LogP contribution in [0.15, 0.2) is 66.7 Å². The highest BCUT2D eigenvalue weighted by atomic mass is 35.5. The molecule has 3 aromatic carbocycles. The third-order valence-corrected chi connectivity index (χ3v) is 6.53. The van der Waals surface area contributed by atoms with Crippen molar-refractivity contribution < 1.29 is 33.0 Å². The Hall–Kier alpha value is -3.36. The van der Waals surface area contributed by atoms with Crippen molar-refractivity contribution in [3.05, 3.63) is 94.0 Å². The molecule has 1 heterocycles. The SMILES string of the molecule is CC1(c2ccc(C(C)(O)C(F)(F)F)cc2)C(=O)N(c2cccc(C(=O)O)c2)c2ccc(Cl)cc21. The van der Waals surface area contributed by atoms with Crippen molar-refractivity contribution in [2.24, 2.45) is 0 Å². The monoisotopic (exact) mass is 489 g/mol. The molecule has 1 amide bonds. The minimum Gasteiger partial charge on any atom is -0.478 e. The number of hydrogen-bond donors (Lipinski definition) is 2. The van der Waals surface area contributed by atoms with Gasteiger partial charge in [0.25, 0.3) is 0 Å². The quantitative estimate of drug-likeness (QED) is 0.486. The summed E-state index contributed by atoms with van der Waals surface area (Å²) in [6.07, 6.45) is -4.88. The lowest BCUT2D eigenvalue weighted by Gasteiger charge is -2.29. The van der Waals surface area contributed by atoms with E-state index >= 15 is 0 Å². The molecule has 2 atom stereocenters. The Morgan fingerprint density at radius 1 is 1.03 bits per heavy atom. The van der Waals surface area contributed by atoms with E-state index in [4.69, 9.17) is 11.6 Å². The summed E-state index contributed by atoms with van der Waals surface area (Å²) in [6.45, 7) is 2.29. The number of carboxylic acid groups (broad SMARTS) is 1. The molecule has 0 aromatic heterocycles. The van der Waals surface area contributed by atoms with E-state index in [2.05, 4.69) is 0 Å². The Balaban J connectivity index is 1.86. The predicted molar refractivity (Wildman–Crippen MR) is 121 cm³/mol. The molecule has 1 aliphatic heterocycles. The molecule has 5 nitrogen and oxygen atoms in total. The molecule has 1 aliphatic rings. The van der Waals surface area contributed by atoms with E-state index in [1.807, 2.05) is 0 Å². The zero-order chi connectivity index (χ0) is 25.1. The Morgan fingerprint density at radius 2 is 1.68 bits per heavy atom. The number of fused-ring (bicyclic) bond motifs is 1. The molecule has 4 rings (SSSR count). The summed E-state index contributed by atoms with van der Waals surface area (Å²) in [6, 6.07) is 15.7. The normalized spacial score (nSPS) is 19.6.